The van der Waals surface area contributed by atoms with Crippen molar-refractivity contribution in [2.24, 2.45) is 17.3 Å². The number of alkyl halides is 1. The Hall–Kier alpha value is -0.930. The van der Waals surface area contributed by atoms with Gasteiger partial charge in [-0.3, -0.25) is 4.79 Å². The normalized spacial score (nSPS) is 29.5. The lowest BCUT2D eigenvalue weighted by atomic mass is 10.1. The second-order valence-corrected chi connectivity index (χ2v) is 3.82. The second-order valence-electron chi connectivity index (χ2n) is 3.82. The van der Waals surface area contributed by atoms with E-state index in [-0.39, 0.29) is 23.9 Å². The molecule has 0 radical (unpaired) electrons. The molecule has 2 unspecified atom stereocenters. The van der Waals surface area contributed by atoms with Gasteiger partial charge in [-0.05, 0) is 5.41 Å². The molecule has 0 aliphatic heterocycles. The summed E-state index contributed by atoms with van der Waals surface area (Å²) in [5.74, 6) is -1.10. The summed E-state index contributed by atoms with van der Waals surface area (Å²) in [4.78, 5) is 21.7. The van der Waals surface area contributed by atoms with E-state index in [1.165, 1.54) is 0 Å². The number of ether oxygens (including phenoxy) is 1. The van der Waals surface area contributed by atoms with Gasteiger partial charge in [-0.2, -0.15) is 0 Å². The first kappa shape index (κ1) is 10.2. The molecule has 0 N–H and O–H groups in total. The fourth-order valence-electron chi connectivity index (χ4n) is 1.61. The largest absolute Gasteiger partial charge is 0.463 e. The van der Waals surface area contributed by atoms with Crippen LogP contribution in [0.15, 0.2) is 0 Å². The molecule has 13 heavy (non-hydrogen) atoms. The van der Waals surface area contributed by atoms with E-state index in [0.29, 0.717) is 0 Å². The van der Waals surface area contributed by atoms with E-state index in [1.54, 1.807) is 0 Å². The number of halogens is 1. The molecule has 3 nitrogen and oxygen atoms in total. The molecular weight excluding hydrogens is 175 g/mol. The van der Waals surface area contributed by atoms with Gasteiger partial charge in [0.15, 0.2) is 0 Å². The van der Waals surface area contributed by atoms with Gasteiger partial charge in [-0.25, -0.2) is 4.39 Å². The van der Waals surface area contributed by atoms with Gasteiger partial charge in [0.25, 0.3) is 0 Å². The van der Waals surface area contributed by atoms with Crippen LogP contribution in [-0.4, -0.2) is 25.5 Å². The van der Waals surface area contributed by atoms with Crippen molar-refractivity contribution in [3.63, 3.8) is 0 Å². The third kappa shape index (κ3) is 1.71. The molecule has 1 rings (SSSR count). The maximum Gasteiger partial charge on any atom is 0.310 e. The summed E-state index contributed by atoms with van der Waals surface area (Å²) in [6, 6.07) is 0. The fourth-order valence-corrected chi connectivity index (χ4v) is 1.61. The van der Waals surface area contributed by atoms with Crippen LogP contribution in [0.25, 0.3) is 0 Å². The van der Waals surface area contributed by atoms with Crippen molar-refractivity contribution in [3.8, 4) is 0 Å². The van der Waals surface area contributed by atoms with Crippen LogP contribution in [0.1, 0.15) is 13.8 Å². The summed E-state index contributed by atoms with van der Waals surface area (Å²) in [6.07, 6.45) is 0.765. The average molecular weight is 188 g/mol. The summed E-state index contributed by atoms with van der Waals surface area (Å²) in [7, 11) is 0. The molecule has 1 saturated carbocycles. The Morgan fingerprint density at radius 1 is 1.62 bits per heavy atom. The van der Waals surface area contributed by atoms with Crippen LogP contribution in [0.5, 0.6) is 0 Å². The van der Waals surface area contributed by atoms with Crippen LogP contribution in [0.2, 0.25) is 0 Å². The minimum atomic E-state index is -0.676. The summed E-state index contributed by atoms with van der Waals surface area (Å²) >= 11 is 0. The van der Waals surface area contributed by atoms with Crippen LogP contribution in [-0.2, 0) is 14.3 Å². The van der Waals surface area contributed by atoms with Gasteiger partial charge in [-0.15, -0.1) is 0 Å². The Morgan fingerprint density at radius 2 is 2.23 bits per heavy atom. The molecule has 0 bridgehead atoms. The van der Waals surface area contributed by atoms with Gasteiger partial charge in [0, 0.05) is 5.92 Å². The first-order valence-electron chi connectivity index (χ1n) is 4.23. The quantitative estimate of drug-likeness (QED) is 0.487. The predicted molar refractivity (Wildman–Crippen MR) is 43.8 cm³/mol. The first-order chi connectivity index (χ1) is 6.05. The Labute approximate surface area is 76.3 Å². The number of aldehydes is 1. The summed E-state index contributed by atoms with van der Waals surface area (Å²) < 4.78 is 16.3. The zero-order chi connectivity index (χ0) is 10.1. The Kier molecular flexibility index (Phi) is 2.68. The Morgan fingerprint density at radius 3 is 2.62 bits per heavy atom. The van der Waals surface area contributed by atoms with Crippen molar-refractivity contribution in [2.75, 3.05) is 13.3 Å². The van der Waals surface area contributed by atoms with E-state index in [0.717, 1.165) is 6.29 Å². The van der Waals surface area contributed by atoms with Crippen molar-refractivity contribution >= 4 is 12.3 Å². The minimum absolute atomic E-state index is 0.211. The average Bonchev–Trinajstić information content (AvgIpc) is 2.63. The lowest BCUT2D eigenvalue weighted by Gasteiger charge is -2.02. The van der Waals surface area contributed by atoms with Crippen molar-refractivity contribution in [3.05, 3.63) is 0 Å². The topological polar surface area (TPSA) is 43.4 Å². The molecule has 1 aliphatic rings. The SMILES string of the molecule is CC1(C)C(C=O)C1C(=O)OCCF. The van der Waals surface area contributed by atoms with Crippen molar-refractivity contribution in [1.29, 1.82) is 0 Å². The lowest BCUT2D eigenvalue weighted by molar-refractivity contribution is -0.147. The monoisotopic (exact) mass is 188 g/mol. The van der Waals surface area contributed by atoms with E-state index in [9.17, 15) is 14.0 Å². The molecule has 1 fully saturated rings. The number of hydrogen-bond acceptors (Lipinski definition) is 3. The molecule has 4 heteroatoms. The highest BCUT2D eigenvalue weighted by molar-refractivity contribution is 5.84. The van der Waals surface area contributed by atoms with E-state index < -0.39 is 12.6 Å². The van der Waals surface area contributed by atoms with Crippen molar-refractivity contribution < 1.29 is 18.7 Å². The van der Waals surface area contributed by atoms with Gasteiger partial charge in [0.1, 0.15) is 19.6 Å². The zero-order valence-corrected chi connectivity index (χ0v) is 7.75. The van der Waals surface area contributed by atoms with Gasteiger partial charge in [0.2, 0.25) is 0 Å². The van der Waals surface area contributed by atoms with Crippen LogP contribution in [0.3, 0.4) is 0 Å². The lowest BCUT2D eigenvalue weighted by Crippen LogP contribution is -2.12. The van der Waals surface area contributed by atoms with Gasteiger partial charge in [-0.1, -0.05) is 13.8 Å². The summed E-state index contributed by atoms with van der Waals surface area (Å²) in [6.45, 7) is 2.77. The summed E-state index contributed by atoms with van der Waals surface area (Å²) in [5.41, 5.74) is -0.310. The van der Waals surface area contributed by atoms with Gasteiger partial charge >= 0.3 is 5.97 Å². The molecule has 0 spiro atoms. The molecule has 74 valence electrons. The molecule has 0 amide bonds. The fraction of sp³-hybridized carbons (Fsp3) is 0.778. The first-order valence-corrected chi connectivity index (χ1v) is 4.23. The maximum atomic E-state index is 11.7. The van der Waals surface area contributed by atoms with Gasteiger partial charge in [0.05, 0.1) is 5.92 Å². The molecule has 0 saturated heterocycles. The Bertz CT molecular complexity index is 225. The van der Waals surface area contributed by atoms with Crippen LogP contribution in [0.4, 0.5) is 4.39 Å². The molecule has 2 atom stereocenters. The van der Waals surface area contributed by atoms with E-state index >= 15 is 0 Å². The van der Waals surface area contributed by atoms with E-state index in [4.69, 9.17) is 0 Å². The molecular formula is C9H13FO3. The third-order valence-electron chi connectivity index (χ3n) is 2.63. The highest BCUT2D eigenvalue weighted by Gasteiger charge is 2.62. The molecule has 0 aromatic rings. The van der Waals surface area contributed by atoms with Crippen LogP contribution >= 0.6 is 0 Å². The highest BCUT2D eigenvalue weighted by Crippen LogP contribution is 2.57. The van der Waals surface area contributed by atoms with E-state index in [2.05, 4.69) is 4.74 Å². The van der Waals surface area contributed by atoms with Crippen molar-refractivity contribution in [1.82, 2.24) is 0 Å². The molecule has 0 heterocycles. The molecule has 0 aromatic heterocycles. The minimum Gasteiger partial charge on any atom is -0.463 e. The number of hydrogen-bond donors (Lipinski definition) is 0. The Balaban J connectivity index is 2.46. The predicted octanol–water partition coefficient (Wildman–Crippen LogP) is 0.970. The van der Waals surface area contributed by atoms with E-state index in [1.807, 2.05) is 13.8 Å². The highest BCUT2D eigenvalue weighted by atomic mass is 19.1. The molecule has 1 aliphatic carbocycles. The van der Waals surface area contributed by atoms with Gasteiger partial charge < -0.3 is 9.53 Å². The third-order valence-corrected chi connectivity index (χ3v) is 2.63. The standard InChI is InChI=1S/C9H13FO3/c1-9(2)6(5-11)7(9)8(12)13-4-3-10/h5-7H,3-4H2,1-2H3. The second kappa shape index (κ2) is 3.44. The maximum absolute atomic E-state index is 11.7. The zero-order valence-electron chi connectivity index (χ0n) is 7.75. The summed E-state index contributed by atoms with van der Waals surface area (Å²) in [5, 5.41) is 0. The van der Waals surface area contributed by atoms with Crippen molar-refractivity contribution in [2.45, 2.75) is 13.8 Å². The number of esters is 1. The number of carbonyl (C=O) groups excluding carboxylic acids is 2. The number of carbonyl (C=O) groups is 2. The smallest absolute Gasteiger partial charge is 0.310 e. The number of rotatable bonds is 4. The van der Waals surface area contributed by atoms with Crippen LogP contribution < -0.4 is 0 Å². The van der Waals surface area contributed by atoms with Crippen LogP contribution in [0, 0.1) is 17.3 Å². The molecule has 0 aromatic carbocycles.